The highest BCUT2D eigenvalue weighted by Crippen LogP contribution is 2.35. The van der Waals surface area contributed by atoms with Gasteiger partial charge in [0.05, 0.1) is 16.4 Å². The molecular weight excluding hydrogens is 336 g/mol. The van der Waals surface area contributed by atoms with Gasteiger partial charge in [-0.15, -0.1) is 0 Å². The summed E-state index contributed by atoms with van der Waals surface area (Å²) in [6, 6.07) is 12.1. The summed E-state index contributed by atoms with van der Waals surface area (Å²) in [5.41, 5.74) is 1.56. The van der Waals surface area contributed by atoms with Crippen molar-refractivity contribution in [3.05, 3.63) is 53.6 Å². The third-order valence-corrected chi connectivity index (χ3v) is 5.95. The topological polar surface area (TPSA) is 55.9 Å². The highest BCUT2D eigenvalue weighted by molar-refractivity contribution is 7.91. The molecule has 1 heterocycles. The van der Waals surface area contributed by atoms with Crippen molar-refractivity contribution in [1.82, 2.24) is 0 Å². The van der Waals surface area contributed by atoms with Gasteiger partial charge in [-0.05, 0) is 48.2 Å². The molecule has 2 aromatic carbocycles. The molecule has 5 heteroatoms. The molecule has 1 atom stereocenters. The predicted molar refractivity (Wildman–Crippen MR) is 97.0 cm³/mol. The summed E-state index contributed by atoms with van der Waals surface area (Å²) in [5, 5.41) is 0. The molecule has 1 saturated heterocycles. The SMILES string of the molecule is Cc1cccc(S(=O)(=O)c2ccc(OCC3CO3)c(C(C)(C)C)c2)c1. The standard InChI is InChI=1S/C20H24O4S/c1-14-6-5-7-16(10-14)25(21,22)17-8-9-19(24-13-15-12-23-15)18(11-17)20(2,3)4/h5-11,15H,12-13H2,1-4H3. The van der Waals surface area contributed by atoms with E-state index >= 15 is 0 Å². The van der Waals surface area contributed by atoms with E-state index < -0.39 is 9.84 Å². The summed E-state index contributed by atoms with van der Waals surface area (Å²) in [4.78, 5) is 0.602. The lowest BCUT2D eigenvalue weighted by atomic mass is 9.86. The lowest BCUT2D eigenvalue weighted by Crippen LogP contribution is -2.16. The second kappa shape index (κ2) is 6.46. The predicted octanol–water partition coefficient (Wildman–Crippen LogP) is 3.90. The van der Waals surface area contributed by atoms with Crippen LogP contribution in [0.25, 0.3) is 0 Å². The van der Waals surface area contributed by atoms with Crippen molar-refractivity contribution < 1.29 is 17.9 Å². The average molecular weight is 360 g/mol. The highest BCUT2D eigenvalue weighted by atomic mass is 32.2. The van der Waals surface area contributed by atoms with Gasteiger partial charge < -0.3 is 9.47 Å². The first-order chi connectivity index (χ1) is 11.7. The smallest absolute Gasteiger partial charge is 0.206 e. The maximum absolute atomic E-state index is 13.0. The van der Waals surface area contributed by atoms with Gasteiger partial charge in [0.25, 0.3) is 0 Å². The van der Waals surface area contributed by atoms with E-state index in [0.29, 0.717) is 17.3 Å². The molecule has 3 rings (SSSR count). The Balaban J connectivity index is 2.01. The maximum atomic E-state index is 13.0. The van der Waals surface area contributed by atoms with Crippen LogP contribution in [0.3, 0.4) is 0 Å². The molecule has 1 unspecified atom stereocenters. The molecule has 0 bridgehead atoms. The number of hydrogen-bond acceptors (Lipinski definition) is 4. The van der Waals surface area contributed by atoms with Crippen LogP contribution < -0.4 is 4.74 Å². The first-order valence-electron chi connectivity index (χ1n) is 8.38. The zero-order valence-corrected chi connectivity index (χ0v) is 15.9. The van der Waals surface area contributed by atoms with Crippen LogP contribution in [0.15, 0.2) is 52.3 Å². The number of aryl methyl sites for hydroxylation is 1. The fourth-order valence-electron chi connectivity index (χ4n) is 2.65. The van der Waals surface area contributed by atoms with Crippen LogP contribution in [0.4, 0.5) is 0 Å². The summed E-state index contributed by atoms with van der Waals surface area (Å²) < 4.78 is 37.0. The molecule has 2 aromatic rings. The van der Waals surface area contributed by atoms with Crippen molar-refractivity contribution >= 4 is 9.84 Å². The van der Waals surface area contributed by atoms with Crippen molar-refractivity contribution in [3.63, 3.8) is 0 Å². The van der Waals surface area contributed by atoms with Crippen LogP contribution in [0, 0.1) is 6.92 Å². The number of rotatable bonds is 5. The van der Waals surface area contributed by atoms with Crippen LogP contribution in [-0.4, -0.2) is 27.7 Å². The van der Waals surface area contributed by atoms with Gasteiger partial charge in [-0.2, -0.15) is 0 Å². The van der Waals surface area contributed by atoms with E-state index in [0.717, 1.165) is 17.7 Å². The molecule has 0 N–H and O–H groups in total. The van der Waals surface area contributed by atoms with Gasteiger partial charge >= 0.3 is 0 Å². The summed E-state index contributed by atoms with van der Waals surface area (Å²) in [6.45, 7) is 9.25. The van der Waals surface area contributed by atoms with Crippen molar-refractivity contribution in [3.8, 4) is 5.75 Å². The van der Waals surface area contributed by atoms with Gasteiger partial charge in [0.2, 0.25) is 9.84 Å². The van der Waals surface area contributed by atoms with Gasteiger partial charge in [0.1, 0.15) is 18.5 Å². The monoisotopic (exact) mass is 360 g/mol. The number of epoxide rings is 1. The maximum Gasteiger partial charge on any atom is 0.206 e. The van der Waals surface area contributed by atoms with Crippen LogP contribution in [0.1, 0.15) is 31.9 Å². The van der Waals surface area contributed by atoms with Crippen LogP contribution >= 0.6 is 0 Å². The Morgan fingerprint density at radius 1 is 1.12 bits per heavy atom. The van der Waals surface area contributed by atoms with Crippen LogP contribution in [-0.2, 0) is 20.0 Å². The Kier molecular flexibility index (Phi) is 4.64. The molecular formula is C20H24O4S. The second-order valence-corrected chi connectivity index (χ2v) is 9.44. The Morgan fingerprint density at radius 3 is 2.40 bits per heavy atom. The van der Waals surface area contributed by atoms with E-state index in [2.05, 4.69) is 0 Å². The van der Waals surface area contributed by atoms with E-state index in [-0.39, 0.29) is 16.4 Å². The zero-order chi connectivity index (χ0) is 18.2. The minimum Gasteiger partial charge on any atom is -0.490 e. The molecule has 0 aliphatic carbocycles. The van der Waals surface area contributed by atoms with Gasteiger partial charge in [-0.3, -0.25) is 0 Å². The second-order valence-electron chi connectivity index (χ2n) is 7.49. The van der Waals surface area contributed by atoms with E-state index in [1.165, 1.54) is 0 Å². The lowest BCUT2D eigenvalue weighted by Gasteiger charge is -2.23. The molecule has 0 aromatic heterocycles. The zero-order valence-electron chi connectivity index (χ0n) is 15.1. The molecule has 134 valence electrons. The summed E-state index contributed by atoms with van der Waals surface area (Å²) >= 11 is 0. The normalized spacial score (nSPS) is 17.4. The molecule has 1 aliphatic heterocycles. The number of ether oxygens (including phenoxy) is 2. The summed E-state index contributed by atoms with van der Waals surface area (Å²) in [5.74, 6) is 0.714. The van der Waals surface area contributed by atoms with Crippen molar-refractivity contribution in [2.45, 2.75) is 49.0 Å². The fourth-order valence-corrected chi connectivity index (χ4v) is 4.04. The average Bonchev–Trinajstić information content (AvgIpc) is 3.36. The molecule has 0 saturated carbocycles. The highest BCUT2D eigenvalue weighted by Gasteiger charge is 2.27. The van der Waals surface area contributed by atoms with Crippen molar-refractivity contribution in [2.75, 3.05) is 13.2 Å². The Bertz CT molecular complexity index is 875. The Hall–Kier alpha value is -1.85. The van der Waals surface area contributed by atoms with Crippen molar-refractivity contribution in [1.29, 1.82) is 0 Å². The van der Waals surface area contributed by atoms with Gasteiger partial charge in [-0.25, -0.2) is 8.42 Å². The van der Waals surface area contributed by atoms with Crippen LogP contribution in [0.2, 0.25) is 0 Å². The van der Waals surface area contributed by atoms with E-state index in [1.54, 1.807) is 36.4 Å². The number of benzene rings is 2. The number of hydrogen-bond donors (Lipinski definition) is 0. The number of sulfone groups is 1. The minimum atomic E-state index is -3.56. The fraction of sp³-hybridized carbons (Fsp3) is 0.400. The quantitative estimate of drug-likeness (QED) is 0.759. The van der Waals surface area contributed by atoms with Gasteiger partial charge in [0, 0.05) is 5.56 Å². The molecule has 1 fully saturated rings. The largest absolute Gasteiger partial charge is 0.490 e. The molecule has 0 amide bonds. The summed E-state index contributed by atoms with van der Waals surface area (Å²) in [7, 11) is -3.56. The first kappa shape index (κ1) is 18.0. The first-order valence-corrected chi connectivity index (χ1v) is 9.87. The molecule has 4 nitrogen and oxygen atoms in total. The van der Waals surface area contributed by atoms with E-state index in [1.807, 2.05) is 33.8 Å². The van der Waals surface area contributed by atoms with E-state index in [4.69, 9.17) is 9.47 Å². The summed E-state index contributed by atoms with van der Waals surface area (Å²) in [6.07, 6.45) is 0.156. The molecule has 0 spiro atoms. The lowest BCUT2D eigenvalue weighted by molar-refractivity contribution is 0.258. The third-order valence-electron chi connectivity index (χ3n) is 4.20. The molecule has 1 aliphatic rings. The Labute approximate surface area is 149 Å². The molecule has 0 radical (unpaired) electrons. The van der Waals surface area contributed by atoms with Crippen LogP contribution in [0.5, 0.6) is 5.75 Å². The van der Waals surface area contributed by atoms with Crippen molar-refractivity contribution in [2.24, 2.45) is 0 Å². The third kappa shape index (κ3) is 4.05. The van der Waals surface area contributed by atoms with Gasteiger partial charge in [-0.1, -0.05) is 32.9 Å². The molecule has 25 heavy (non-hydrogen) atoms. The van der Waals surface area contributed by atoms with Gasteiger partial charge in [0.15, 0.2) is 0 Å². The minimum absolute atomic E-state index is 0.156. The Morgan fingerprint density at radius 2 is 1.80 bits per heavy atom. The van der Waals surface area contributed by atoms with E-state index in [9.17, 15) is 8.42 Å².